The van der Waals surface area contributed by atoms with Gasteiger partial charge < -0.3 is 10.1 Å². The zero-order valence-corrected chi connectivity index (χ0v) is 17.6. The van der Waals surface area contributed by atoms with Crippen molar-refractivity contribution in [2.45, 2.75) is 43.5 Å². The summed E-state index contributed by atoms with van der Waals surface area (Å²) < 4.78 is 32.7. The third-order valence-electron chi connectivity index (χ3n) is 5.78. The third kappa shape index (κ3) is 4.46. The number of ether oxygens (including phenoxy) is 1. The van der Waals surface area contributed by atoms with E-state index in [4.69, 9.17) is 4.74 Å². The van der Waals surface area contributed by atoms with Crippen molar-refractivity contribution in [3.8, 4) is 0 Å². The summed E-state index contributed by atoms with van der Waals surface area (Å²) in [6.45, 7) is 5.06. The van der Waals surface area contributed by atoms with E-state index in [1.165, 1.54) is 4.31 Å². The van der Waals surface area contributed by atoms with Gasteiger partial charge in [-0.3, -0.25) is 9.80 Å². The minimum absolute atomic E-state index is 0.0240. The Kier molecular flexibility index (Phi) is 5.89. The van der Waals surface area contributed by atoms with Gasteiger partial charge in [-0.2, -0.15) is 9.41 Å². The number of carbonyl (C=O) groups excluding carboxylic acids is 1. The minimum atomic E-state index is -3.54. The highest BCUT2D eigenvalue weighted by Gasteiger charge is 2.30. The molecule has 1 aromatic carbocycles. The largest absolute Gasteiger partial charge is 0.379 e. The number of rotatable bonds is 6. The van der Waals surface area contributed by atoms with E-state index in [0.29, 0.717) is 44.2 Å². The van der Waals surface area contributed by atoms with E-state index < -0.39 is 10.0 Å². The van der Waals surface area contributed by atoms with Crippen LogP contribution < -0.4 is 5.32 Å². The molecule has 29 heavy (non-hydrogen) atoms. The van der Waals surface area contributed by atoms with E-state index in [1.54, 1.807) is 12.1 Å². The Morgan fingerprint density at radius 3 is 2.76 bits per heavy atom. The van der Waals surface area contributed by atoms with Gasteiger partial charge in [0.15, 0.2) is 0 Å². The van der Waals surface area contributed by atoms with Crippen LogP contribution in [0.3, 0.4) is 0 Å². The molecule has 2 aliphatic heterocycles. The van der Waals surface area contributed by atoms with Gasteiger partial charge in [-0.05, 0) is 43.0 Å². The van der Waals surface area contributed by atoms with Crippen LogP contribution in [0.4, 0.5) is 0 Å². The van der Waals surface area contributed by atoms with E-state index >= 15 is 0 Å². The minimum Gasteiger partial charge on any atom is -0.379 e. The molecule has 1 N–H and O–H groups in total. The maximum atomic E-state index is 13.0. The van der Waals surface area contributed by atoms with Crippen LogP contribution in [-0.4, -0.2) is 68.7 Å². The highest BCUT2D eigenvalue weighted by molar-refractivity contribution is 7.89. The van der Waals surface area contributed by atoms with Gasteiger partial charge in [-0.15, -0.1) is 0 Å². The van der Waals surface area contributed by atoms with Crippen LogP contribution in [0.15, 0.2) is 28.2 Å². The molecule has 1 atom stereocenters. The van der Waals surface area contributed by atoms with Crippen LogP contribution in [0.1, 0.15) is 43.4 Å². The Morgan fingerprint density at radius 2 is 2.03 bits per heavy atom. The second-order valence-corrected chi connectivity index (χ2v) is 9.76. The second-order valence-electron chi connectivity index (χ2n) is 7.82. The quantitative estimate of drug-likeness (QED) is 0.749. The van der Waals surface area contributed by atoms with Crippen molar-refractivity contribution in [2.75, 3.05) is 39.4 Å². The van der Waals surface area contributed by atoms with Crippen LogP contribution in [0.25, 0.3) is 0 Å². The monoisotopic (exact) mass is 420 g/mol. The molecule has 2 heterocycles. The van der Waals surface area contributed by atoms with Gasteiger partial charge in [-0.1, -0.05) is 6.07 Å². The lowest BCUT2D eigenvalue weighted by Crippen LogP contribution is -2.40. The number of hydrazone groups is 1. The van der Waals surface area contributed by atoms with E-state index in [0.717, 1.165) is 42.6 Å². The molecule has 0 radical (unpaired) electrons. The molecule has 9 heteroatoms. The molecule has 0 saturated carbocycles. The smallest absolute Gasteiger partial charge is 0.243 e. The number of fused-ring (bicyclic) bond motifs is 1. The first-order valence-corrected chi connectivity index (χ1v) is 11.7. The molecule has 0 aromatic heterocycles. The summed E-state index contributed by atoms with van der Waals surface area (Å²) in [6.07, 6.45) is 2.98. The molecule has 1 unspecified atom stereocenters. The molecule has 158 valence electrons. The summed E-state index contributed by atoms with van der Waals surface area (Å²) in [5.74, 6) is -0.0240. The van der Waals surface area contributed by atoms with Crippen LogP contribution in [0, 0.1) is 0 Å². The highest BCUT2D eigenvalue weighted by Crippen LogP contribution is 2.33. The number of benzene rings is 1. The fourth-order valence-electron chi connectivity index (χ4n) is 4.12. The zero-order valence-electron chi connectivity index (χ0n) is 16.8. The lowest BCUT2D eigenvalue weighted by Gasteiger charge is -2.26. The first-order valence-electron chi connectivity index (χ1n) is 10.2. The average Bonchev–Trinajstić information content (AvgIpc) is 3.33. The Hall–Kier alpha value is -1.97. The highest BCUT2D eigenvalue weighted by atomic mass is 32.2. The van der Waals surface area contributed by atoms with Gasteiger partial charge in [0.05, 0.1) is 24.2 Å². The molecular formula is C20H28N4O4S. The fourth-order valence-corrected chi connectivity index (χ4v) is 5.56. The van der Waals surface area contributed by atoms with Crippen molar-refractivity contribution >= 4 is 21.6 Å². The Morgan fingerprint density at radius 1 is 1.24 bits per heavy atom. The molecule has 3 aliphatic rings. The molecule has 1 aliphatic carbocycles. The van der Waals surface area contributed by atoms with E-state index in [9.17, 15) is 13.2 Å². The normalized spacial score (nSPS) is 22.4. The summed E-state index contributed by atoms with van der Waals surface area (Å²) in [4.78, 5) is 12.7. The molecule has 0 bridgehead atoms. The summed E-state index contributed by atoms with van der Waals surface area (Å²) in [7, 11) is -3.54. The number of carbonyl (C=O) groups is 1. The van der Waals surface area contributed by atoms with Crippen LogP contribution >= 0.6 is 0 Å². The number of hydrogen-bond acceptors (Lipinski definition) is 6. The summed E-state index contributed by atoms with van der Waals surface area (Å²) in [5.41, 5.74) is 3.13. The number of hydrogen-bond donors (Lipinski definition) is 1. The molecule has 4 rings (SSSR count). The van der Waals surface area contributed by atoms with Gasteiger partial charge >= 0.3 is 0 Å². The van der Waals surface area contributed by atoms with Crippen molar-refractivity contribution in [3.63, 3.8) is 0 Å². The number of sulfonamides is 1. The molecule has 1 aromatic rings. The van der Waals surface area contributed by atoms with E-state index in [1.807, 2.05) is 18.0 Å². The Bertz CT molecular complexity index is 909. The van der Waals surface area contributed by atoms with E-state index in [2.05, 4.69) is 10.4 Å². The summed E-state index contributed by atoms with van der Waals surface area (Å²) >= 11 is 0. The third-order valence-corrected chi connectivity index (χ3v) is 7.67. The van der Waals surface area contributed by atoms with Crippen molar-refractivity contribution in [1.29, 1.82) is 0 Å². The molecule has 1 saturated heterocycles. The topological polar surface area (TPSA) is 91.3 Å². The first-order chi connectivity index (χ1) is 13.9. The number of aryl methyl sites for hydroxylation is 1. The number of nitrogens with one attached hydrogen (secondary N) is 1. The Balaban J connectivity index is 1.42. The predicted octanol–water partition coefficient (Wildman–Crippen LogP) is 1.28. The predicted molar refractivity (Wildman–Crippen MR) is 109 cm³/mol. The lowest BCUT2D eigenvalue weighted by atomic mass is 10.1. The standard InChI is InChI=1S/C20H28N4O4S/c1-15-6-8-23(22-15)9-7-20(25)21-19-5-3-16-2-4-17(14-18(16)19)29(26,27)24-10-12-28-13-11-24/h2,4,14,19H,3,5-13H2,1H3,(H,21,25). The summed E-state index contributed by atoms with van der Waals surface area (Å²) in [5, 5.41) is 9.42. The van der Waals surface area contributed by atoms with Gasteiger partial charge in [-0.25, -0.2) is 8.42 Å². The van der Waals surface area contributed by atoms with Crippen molar-refractivity contribution in [1.82, 2.24) is 14.6 Å². The van der Waals surface area contributed by atoms with Crippen molar-refractivity contribution in [2.24, 2.45) is 5.10 Å². The fraction of sp³-hybridized carbons (Fsp3) is 0.600. The van der Waals surface area contributed by atoms with Crippen molar-refractivity contribution < 1.29 is 17.9 Å². The number of morpholine rings is 1. The lowest BCUT2D eigenvalue weighted by molar-refractivity contribution is -0.122. The number of amides is 1. The molecule has 1 amide bonds. The molecule has 1 fully saturated rings. The molecule has 0 spiro atoms. The zero-order chi connectivity index (χ0) is 20.4. The maximum absolute atomic E-state index is 13.0. The van der Waals surface area contributed by atoms with Gasteiger partial charge in [0.2, 0.25) is 15.9 Å². The average molecular weight is 421 g/mol. The SMILES string of the molecule is CC1=NN(CCC(=O)NC2CCc3ccc(S(=O)(=O)N4CCOCC4)cc32)CC1. The second kappa shape index (κ2) is 8.41. The van der Waals surface area contributed by atoms with Gasteiger partial charge in [0.1, 0.15) is 0 Å². The van der Waals surface area contributed by atoms with Gasteiger partial charge in [0.25, 0.3) is 0 Å². The van der Waals surface area contributed by atoms with Crippen LogP contribution in [-0.2, 0) is 26.0 Å². The maximum Gasteiger partial charge on any atom is 0.243 e. The summed E-state index contributed by atoms with van der Waals surface area (Å²) in [6, 6.07) is 5.17. The molecular weight excluding hydrogens is 392 g/mol. The van der Waals surface area contributed by atoms with E-state index in [-0.39, 0.29) is 11.9 Å². The van der Waals surface area contributed by atoms with Crippen LogP contribution in [0.2, 0.25) is 0 Å². The number of nitrogens with zero attached hydrogens (tertiary/aromatic N) is 3. The molecule has 8 nitrogen and oxygen atoms in total. The van der Waals surface area contributed by atoms with Gasteiger partial charge in [0, 0.05) is 44.7 Å². The Labute approximate surface area is 171 Å². The first kappa shape index (κ1) is 20.3. The van der Waals surface area contributed by atoms with Crippen LogP contribution in [0.5, 0.6) is 0 Å². The van der Waals surface area contributed by atoms with Crippen molar-refractivity contribution in [3.05, 3.63) is 29.3 Å².